The summed E-state index contributed by atoms with van der Waals surface area (Å²) in [7, 11) is 0. The first-order valence-electron chi connectivity index (χ1n) is 11.7. The lowest BCUT2D eigenvalue weighted by Gasteiger charge is -2.11. The van der Waals surface area contributed by atoms with E-state index in [0.717, 1.165) is 25.7 Å². The van der Waals surface area contributed by atoms with Gasteiger partial charge in [-0.25, -0.2) is 9.59 Å². The first-order chi connectivity index (χ1) is 13.6. The molecule has 28 heavy (non-hydrogen) atoms. The predicted molar refractivity (Wildman–Crippen MR) is 116 cm³/mol. The monoisotopic (exact) mass is 396 g/mol. The second-order valence-corrected chi connectivity index (χ2v) is 7.78. The smallest absolute Gasteiger partial charge is 0.331 e. The van der Waals surface area contributed by atoms with Crippen LogP contribution in [0.1, 0.15) is 117 Å². The first-order valence-corrected chi connectivity index (χ1v) is 11.7. The summed E-state index contributed by atoms with van der Waals surface area (Å²) in [6.45, 7) is 6.72. The van der Waals surface area contributed by atoms with Crippen molar-refractivity contribution in [3.63, 3.8) is 0 Å². The molecule has 4 nitrogen and oxygen atoms in total. The van der Waals surface area contributed by atoms with Crippen LogP contribution >= 0.6 is 0 Å². The van der Waals surface area contributed by atoms with Crippen LogP contribution in [0.15, 0.2) is 12.2 Å². The number of carbonyl (C=O) groups is 2. The van der Waals surface area contributed by atoms with Crippen molar-refractivity contribution in [3.8, 4) is 0 Å². The number of ether oxygens (including phenoxy) is 2. The molecule has 164 valence electrons. The molecule has 0 amide bonds. The molecule has 0 aliphatic heterocycles. The molecule has 0 heterocycles. The minimum Gasteiger partial charge on any atom is -0.463 e. The van der Waals surface area contributed by atoms with E-state index in [1.54, 1.807) is 0 Å². The molecular formula is C24H44O4. The number of rotatable bonds is 19. The highest BCUT2D eigenvalue weighted by atomic mass is 16.5. The first kappa shape index (κ1) is 26.7. The van der Waals surface area contributed by atoms with Crippen molar-refractivity contribution < 1.29 is 19.1 Å². The van der Waals surface area contributed by atoms with Crippen LogP contribution in [-0.4, -0.2) is 24.6 Å². The Hall–Kier alpha value is -1.32. The van der Waals surface area contributed by atoms with E-state index in [1.807, 2.05) is 6.92 Å². The van der Waals surface area contributed by atoms with Crippen LogP contribution in [0.4, 0.5) is 0 Å². The Bertz CT molecular complexity index is 403. The predicted octanol–water partition coefficient (Wildman–Crippen LogP) is 6.91. The van der Waals surface area contributed by atoms with Crippen LogP contribution in [0, 0.1) is 0 Å². The van der Waals surface area contributed by atoms with E-state index in [4.69, 9.17) is 9.47 Å². The standard InChI is InChI=1S/C24H44O4/c1-4-6-8-10-11-12-13-14-15-17-21-27-23(25)19-20-24(26)28-22(3)18-16-9-7-5-2/h19-20,22H,4-18,21H2,1-3H3/b20-19+. The van der Waals surface area contributed by atoms with Crippen molar-refractivity contribution in [1.82, 2.24) is 0 Å². The van der Waals surface area contributed by atoms with Gasteiger partial charge >= 0.3 is 11.9 Å². The Kier molecular flexibility index (Phi) is 19.5. The van der Waals surface area contributed by atoms with Gasteiger partial charge in [0, 0.05) is 12.2 Å². The van der Waals surface area contributed by atoms with Crippen molar-refractivity contribution in [2.45, 2.75) is 123 Å². The third kappa shape index (κ3) is 19.4. The van der Waals surface area contributed by atoms with Gasteiger partial charge in [0.15, 0.2) is 0 Å². The molecule has 1 atom stereocenters. The number of esters is 2. The Morgan fingerprint density at radius 2 is 1.14 bits per heavy atom. The van der Waals surface area contributed by atoms with Crippen LogP contribution in [0.3, 0.4) is 0 Å². The molecule has 0 rings (SSSR count). The molecule has 0 aromatic rings. The average Bonchev–Trinajstić information content (AvgIpc) is 2.68. The number of carbonyl (C=O) groups excluding carboxylic acids is 2. The molecule has 0 N–H and O–H groups in total. The zero-order chi connectivity index (χ0) is 20.9. The van der Waals surface area contributed by atoms with Gasteiger partial charge in [-0.3, -0.25) is 0 Å². The van der Waals surface area contributed by atoms with Gasteiger partial charge < -0.3 is 9.47 Å². The summed E-state index contributed by atoms with van der Waals surface area (Å²) in [6.07, 6.45) is 20.2. The highest BCUT2D eigenvalue weighted by molar-refractivity contribution is 5.91. The average molecular weight is 397 g/mol. The normalized spacial score (nSPS) is 12.2. The molecule has 0 radical (unpaired) electrons. The highest BCUT2D eigenvalue weighted by Gasteiger charge is 2.07. The van der Waals surface area contributed by atoms with E-state index in [1.165, 1.54) is 82.8 Å². The van der Waals surface area contributed by atoms with Gasteiger partial charge in [0.05, 0.1) is 12.7 Å². The van der Waals surface area contributed by atoms with Crippen LogP contribution in [-0.2, 0) is 19.1 Å². The van der Waals surface area contributed by atoms with Gasteiger partial charge in [-0.1, -0.05) is 90.9 Å². The molecule has 0 aliphatic rings. The summed E-state index contributed by atoms with van der Waals surface area (Å²) in [5, 5.41) is 0. The van der Waals surface area contributed by atoms with E-state index in [2.05, 4.69) is 13.8 Å². The number of hydrogen-bond donors (Lipinski definition) is 0. The van der Waals surface area contributed by atoms with Crippen LogP contribution in [0.5, 0.6) is 0 Å². The zero-order valence-electron chi connectivity index (χ0n) is 18.7. The minimum atomic E-state index is -0.473. The molecule has 0 saturated carbocycles. The molecule has 0 aromatic carbocycles. The van der Waals surface area contributed by atoms with Gasteiger partial charge in [-0.15, -0.1) is 0 Å². The van der Waals surface area contributed by atoms with Gasteiger partial charge in [-0.05, 0) is 26.2 Å². The van der Waals surface area contributed by atoms with E-state index in [-0.39, 0.29) is 6.10 Å². The van der Waals surface area contributed by atoms with Crippen molar-refractivity contribution in [3.05, 3.63) is 12.2 Å². The lowest BCUT2D eigenvalue weighted by atomic mass is 10.1. The van der Waals surface area contributed by atoms with Crippen LogP contribution in [0.25, 0.3) is 0 Å². The lowest BCUT2D eigenvalue weighted by Crippen LogP contribution is -2.13. The topological polar surface area (TPSA) is 52.6 Å². The molecule has 4 heteroatoms. The van der Waals surface area contributed by atoms with Crippen molar-refractivity contribution >= 4 is 11.9 Å². The van der Waals surface area contributed by atoms with Crippen molar-refractivity contribution in [1.29, 1.82) is 0 Å². The van der Waals surface area contributed by atoms with Crippen LogP contribution < -0.4 is 0 Å². The molecule has 0 fully saturated rings. The second-order valence-electron chi connectivity index (χ2n) is 7.78. The highest BCUT2D eigenvalue weighted by Crippen LogP contribution is 2.11. The van der Waals surface area contributed by atoms with E-state index in [9.17, 15) is 9.59 Å². The Morgan fingerprint density at radius 1 is 0.679 bits per heavy atom. The fourth-order valence-corrected chi connectivity index (χ4v) is 3.10. The molecule has 0 saturated heterocycles. The summed E-state index contributed by atoms with van der Waals surface area (Å²) in [5.41, 5.74) is 0. The summed E-state index contributed by atoms with van der Waals surface area (Å²) < 4.78 is 10.4. The number of hydrogen-bond acceptors (Lipinski definition) is 4. The maximum Gasteiger partial charge on any atom is 0.331 e. The molecule has 0 aromatic heterocycles. The summed E-state index contributed by atoms with van der Waals surface area (Å²) in [5.74, 6) is -0.942. The Balaban J connectivity index is 3.55. The quantitative estimate of drug-likeness (QED) is 0.135. The molecule has 0 bridgehead atoms. The third-order valence-corrected chi connectivity index (χ3v) is 4.88. The Labute approximate surface area is 173 Å². The molecule has 0 spiro atoms. The fourth-order valence-electron chi connectivity index (χ4n) is 3.10. The maximum atomic E-state index is 11.7. The molecule has 1 unspecified atom stereocenters. The third-order valence-electron chi connectivity index (χ3n) is 4.88. The zero-order valence-corrected chi connectivity index (χ0v) is 18.7. The summed E-state index contributed by atoms with van der Waals surface area (Å²) >= 11 is 0. The summed E-state index contributed by atoms with van der Waals surface area (Å²) in [6, 6.07) is 0. The van der Waals surface area contributed by atoms with Crippen molar-refractivity contribution in [2.24, 2.45) is 0 Å². The van der Waals surface area contributed by atoms with Crippen molar-refractivity contribution in [2.75, 3.05) is 6.61 Å². The van der Waals surface area contributed by atoms with Crippen LogP contribution in [0.2, 0.25) is 0 Å². The lowest BCUT2D eigenvalue weighted by molar-refractivity contribution is -0.143. The summed E-state index contributed by atoms with van der Waals surface area (Å²) in [4.78, 5) is 23.3. The Morgan fingerprint density at radius 3 is 1.71 bits per heavy atom. The largest absolute Gasteiger partial charge is 0.463 e. The van der Waals surface area contributed by atoms with Gasteiger partial charge in [0.2, 0.25) is 0 Å². The van der Waals surface area contributed by atoms with E-state index >= 15 is 0 Å². The van der Waals surface area contributed by atoms with Gasteiger partial charge in [0.1, 0.15) is 0 Å². The van der Waals surface area contributed by atoms with Gasteiger partial charge in [-0.2, -0.15) is 0 Å². The SMILES string of the molecule is CCCCCCCCCCCCOC(=O)/C=C/C(=O)OC(C)CCCCCC. The number of unbranched alkanes of at least 4 members (excludes halogenated alkanes) is 12. The van der Waals surface area contributed by atoms with Gasteiger partial charge in [0.25, 0.3) is 0 Å². The molecule has 0 aliphatic carbocycles. The van der Waals surface area contributed by atoms with E-state index < -0.39 is 11.9 Å². The molecular weight excluding hydrogens is 352 g/mol. The minimum absolute atomic E-state index is 0.114. The second kappa shape index (κ2) is 20.4. The maximum absolute atomic E-state index is 11.7. The fraction of sp³-hybridized carbons (Fsp3) is 0.833. The van der Waals surface area contributed by atoms with E-state index in [0.29, 0.717) is 6.61 Å².